The third kappa shape index (κ3) is 2.49. The maximum atomic E-state index is 12.5. The van der Waals surface area contributed by atoms with Gasteiger partial charge in [0.05, 0.1) is 12.7 Å². The molecule has 100 valence electrons. The first-order valence-corrected chi connectivity index (χ1v) is 4.35. The molecule has 0 aromatic carbocycles. The summed E-state index contributed by atoms with van der Waals surface area (Å²) in [7, 11) is 0.782. The van der Waals surface area contributed by atoms with Crippen LogP contribution in [0.3, 0.4) is 0 Å². The molecule has 0 spiro atoms. The number of rotatable bonds is 2. The number of nitrogens with zero attached hydrogens (tertiary/aromatic N) is 1. The normalized spacial score (nSPS) is 11.7. The molecule has 0 aliphatic heterocycles. The molecule has 1 heterocycles. The van der Waals surface area contributed by atoms with Crippen LogP contribution in [0.4, 0.5) is 22.0 Å². The monoisotopic (exact) mass is 271 g/mol. The van der Waals surface area contributed by atoms with Gasteiger partial charge < -0.3 is 9.84 Å². The van der Waals surface area contributed by atoms with Gasteiger partial charge in [-0.2, -0.15) is 13.2 Å². The van der Waals surface area contributed by atoms with E-state index in [1.807, 2.05) is 0 Å². The van der Waals surface area contributed by atoms with Gasteiger partial charge >= 0.3 is 12.1 Å². The smallest absolute Gasteiger partial charge is 0.437 e. The molecule has 0 saturated carbocycles. The third-order valence-electron chi connectivity index (χ3n) is 1.98. The molecule has 0 atom stereocenters. The highest BCUT2D eigenvalue weighted by Gasteiger charge is 2.39. The van der Waals surface area contributed by atoms with Crippen LogP contribution < -0.4 is 0 Å². The van der Waals surface area contributed by atoms with Crippen LogP contribution in [0.15, 0.2) is 6.20 Å². The number of aromatic hydroxyl groups is 1. The number of halogens is 5. The molecular formula is C9H6F5NO3. The second-order valence-electron chi connectivity index (χ2n) is 3.08. The lowest BCUT2D eigenvalue weighted by Crippen LogP contribution is -2.14. The Morgan fingerprint density at radius 3 is 2.39 bits per heavy atom. The number of pyridine rings is 1. The minimum atomic E-state index is -5.08. The highest BCUT2D eigenvalue weighted by molar-refractivity contribution is 5.94. The van der Waals surface area contributed by atoms with E-state index in [2.05, 4.69) is 9.72 Å². The van der Waals surface area contributed by atoms with E-state index in [1.54, 1.807) is 0 Å². The number of methoxy groups -OCH3 is 1. The Kier molecular flexibility index (Phi) is 3.73. The second-order valence-corrected chi connectivity index (χ2v) is 3.08. The van der Waals surface area contributed by atoms with Crippen molar-refractivity contribution in [1.82, 2.24) is 4.98 Å². The summed E-state index contributed by atoms with van der Waals surface area (Å²) in [5, 5.41) is 9.24. The van der Waals surface area contributed by atoms with Crippen LogP contribution in [0.1, 0.15) is 28.0 Å². The van der Waals surface area contributed by atoms with Gasteiger partial charge in [-0.25, -0.2) is 18.6 Å². The summed E-state index contributed by atoms with van der Waals surface area (Å²) in [6, 6.07) is 0. The number of alkyl halides is 5. The van der Waals surface area contributed by atoms with Gasteiger partial charge in [0.25, 0.3) is 6.43 Å². The van der Waals surface area contributed by atoms with Gasteiger partial charge in [-0.15, -0.1) is 0 Å². The molecule has 0 amide bonds. The maximum Gasteiger partial charge on any atom is 0.437 e. The number of hydrogen-bond donors (Lipinski definition) is 1. The predicted octanol–water partition coefficient (Wildman–Crippen LogP) is 2.53. The zero-order valence-electron chi connectivity index (χ0n) is 8.76. The molecule has 0 aliphatic rings. The first-order chi connectivity index (χ1) is 8.20. The van der Waals surface area contributed by atoms with Crippen LogP contribution in [-0.2, 0) is 10.9 Å². The van der Waals surface area contributed by atoms with E-state index in [9.17, 15) is 31.9 Å². The standard InChI is InChI=1S/C9H6F5NO3/c1-18-8(17)4-3(7(10)11)2-15-6(5(4)16)9(12,13)14/h2,7,16H,1H3. The van der Waals surface area contributed by atoms with Gasteiger partial charge in [0.15, 0.2) is 11.4 Å². The molecule has 9 heteroatoms. The summed E-state index contributed by atoms with van der Waals surface area (Å²) >= 11 is 0. The van der Waals surface area contributed by atoms with Crippen LogP contribution in [-0.4, -0.2) is 23.2 Å². The molecule has 0 bridgehead atoms. The summed E-state index contributed by atoms with van der Waals surface area (Å²) in [4.78, 5) is 13.8. The Labute approximate surface area is 97.0 Å². The minimum absolute atomic E-state index is 0.180. The number of carbonyl (C=O) groups excluding carboxylic acids is 1. The Hall–Kier alpha value is -1.93. The van der Waals surface area contributed by atoms with E-state index in [1.165, 1.54) is 0 Å². The van der Waals surface area contributed by atoms with Crippen LogP contribution in [0.5, 0.6) is 5.75 Å². The minimum Gasteiger partial charge on any atom is -0.505 e. The summed E-state index contributed by atoms with van der Waals surface area (Å²) in [6.45, 7) is 0. The number of esters is 1. The lowest BCUT2D eigenvalue weighted by atomic mass is 10.1. The van der Waals surface area contributed by atoms with Crippen molar-refractivity contribution in [3.8, 4) is 5.75 Å². The van der Waals surface area contributed by atoms with Gasteiger partial charge in [-0.1, -0.05) is 0 Å². The molecule has 1 aromatic heterocycles. The highest BCUT2D eigenvalue weighted by Crippen LogP contribution is 2.39. The van der Waals surface area contributed by atoms with Gasteiger partial charge in [-0.3, -0.25) is 0 Å². The molecule has 1 rings (SSSR count). The van der Waals surface area contributed by atoms with Crippen molar-refractivity contribution in [2.24, 2.45) is 0 Å². The van der Waals surface area contributed by atoms with Crippen molar-refractivity contribution in [2.75, 3.05) is 7.11 Å². The molecule has 0 unspecified atom stereocenters. The Balaban J connectivity index is 3.55. The Morgan fingerprint density at radius 1 is 1.44 bits per heavy atom. The molecule has 0 radical (unpaired) electrons. The van der Waals surface area contributed by atoms with Crippen molar-refractivity contribution in [3.05, 3.63) is 23.0 Å². The Morgan fingerprint density at radius 2 is 2.00 bits per heavy atom. The lowest BCUT2D eigenvalue weighted by Gasteiger charge is -2.13. The zero-order valence-corrected chi connectivity index (χ0v) is 8.76. The first-order valence-electron chi connectivity index (χ1n) is 4.35. The van der Waals surface area contributed by atoms with Crippen LogP contribution in [0.25, 0.3) is 0 Å². The third-order valence-corrected chi connectivity index (χ3v) is 1.98. The molecule has 18 heavy (non-hydrogen) atoms. The maximum absolute atomic E-state index is 12.5. The fourth-order valence-corrected chi connectivity index (χ4v) is 1.20. The van der Waals surface area contributed by atoms with Crippen molar-refractivity contribution in [3.63, 3.8) is 0 Å². The number of carbonyl (C=O) groups is 1. The molecule has 1 aromatic rings. The first kappa shape index (κ1) is 14.1. The fraction of sp³-hybridized carbons (Fsp3) is 0.333. The van der Waals surface area contributed by atoms with E-state index >= 15 is 0 Å². The van der Waals surface area contributed by atoms with Gasteiger partial charge in [0, 0.05) is 6.20 Å². The van der Waals surface area contributed by atoms with Crippen molar-refractivity contribution in [2.45, 2.75) is 12.6 Å². The summed E-state index contributed by atoms with van der Waals surface area (Å²) in [5.41, 5.74) is -4.20. The Bertz CT molecular complexity index is 472. The van der Waals surface area contributed by atoms with E-state index in [0.29, 0.717) is 0 Å². The summed E-state index contributed by atoms with van der Waals surface area (Å²) in [6.07, 6.45) is -8.17. The van der Waals surface area contributed by atoms with Crippen LogP contribution in [0.2, 0.25) is 0 Å². The van der Waals surface area contributed by atoms with Crippen LogP contribution >= 0.6 is 0 Å². The molecule has 0 fully saturated rings. The number of aromatic nitrogens is 1. The molecule has 1 N–H and O–H groups in total. The van der Waals surface area contributed by atoms with Crippen molar-refractivity contribution in [1.29, 1.82) is 0 Å². The number of ether oxygens (including phenoxy) is 1. The molecule has 0 aliphatic carbocycles. The second kappa shape index (κ2) is 4.75. The zero-order chi connectivity index (χ0) is 14.1. The van der Waals surface area contributed by atoms with E-state index in [4.69, 9.17) is 0 Å². The average Bonchev–Trinajstić information content (AvgIpc) is 2.25. The largest absolute Gasteiger partial charge is 0.505 e. The van der Waals surface area contributed by atoms with Crippen molar-refractivity contribution < 1.29 is 36.6 Å². The summed E-state index contributed by atoms with van der Waals surface area (Å²) < 4.78 is 66.1. The topological polar surface area (TPSA) is 59.4 Å². The molecule has 0 saturated heterocycles. The van der Waals surface area contributed by atoms with Crippen molar-refractivity contribution >= 4 is 5.97 Å². The molecule has 4 nitrogen and oxygen atoms in total. The molecular weight excluding hydrogens is 265 g/mol. The number of hydrogen-bond acceptors (Lipinski definition) is 4. The quantitative estimate of drug-likeness (QED) is 0.663. The fourth-order valence-electron chi connectivity index (χ4n) is 1.20. The van der Waals surface area contributed by atoms with Gasteiger partial charge in [0.2, 0.25) is 0 Å². The summed E-state index contributed by atoms with van der Waals surface area (Å²) in [5.74, 6) is -3.18. The average molecular weight is 271 g/mol. The van der Waals surface area contributed by atoms with E-state index in [-0.39, 0.29) is 6.20 Å². The lowest BCUT2D eigenvalue weighted by molar-refractivity contribution is -0.142. The van der Waals surface area contributed by atoms with E-state index < -0.39 is 41.1 Å². The van der Waals surface area contributed by atoms with Gasteiger partial charge in [0.1, 0.15) is 5.56 Å². The highest BCUT2D eigenvalue weighted by atomic mass is 19.4. The SMILES string of the molecule is COC(=O)c1c(C(F)F)cnc(C(F)(F)F)c1O. The van der Waals surface area contributed by atoms with E-state index in [0.717, 1.165) is 7.11 Å². The van der Waals surface area contributed by atoms with Gasteiger partial charge in [-0.05, 0) is 0 Å². The van der Waals surface area contributed by atoms with Crippen LogP contribution in [0, 0.1) is 0 Å². The predicted molar refractivity (Wildman–Crippen MR) is 47.2 cm³/mol.